The van der Waals surface area contributed by atoms with Crippen LogP contribution < -0.4 is 0 Å². The number of esters is 3. The zero-order valence-electron chi connectivity index (χ0n) is 49.9. The fourth-order valence-electron chi connectivity index (χ4n) is 8.49. The van der Waals surface area contributed by atoms with E-state index in [9.17, 15) is 28.9 Å². The molecule has 0 aliphatic rings. The third-order valence-corrected chi connectivity index (χ3v) is 14.2. The highest BCUT2D eigenvalue weighted by Gasteiger charge is 2.28. The second kappa shape index (κ2) is 59.8. The van der Waals surface area contributed by atoms with E-state index in [2.05, 4.69) is 106 Å². The van der Waals surface area contributed by atoms with E-state index in [1.54, 1.807) is 0 Å². The third kappa shape index (κ3) is 57.3. The van der Waals surface area contributed by atoms with Crippen molar-refractivity contribution in [3.05, 3.63) is 85.1 Å². The third-order valence-electron chi connectivity index (χ3n) is 13.3. The highest BCUT2D eigenvalue weighted by molar-refractivity contribution is 7.47. The Morgan fingerprint density at radius 2 is 0.667 bits per heavy atom. The van der Waals surface area contributed by atoms with Crippen molar-refractivity contribution in [2.45, 2.75) is 290 Å². The molecule has 0 aromatic carbocycles. The van der Waals surface area contributed by atoms with E-state index in [1.165, 1.54) is 103 Å². The fraction of sp³-hybridized carbons (Fsp3) is 0.742. The number of rotatable bonds is 58. The number of allylic oxidation sites excluding steroid dienone is 14. The van der Waals surface area contributed by atoms with Crippen molar-refractivity contribution >= 4 is 25.7 Å². The van der Waals surface area contributed by atoms with Gasteiger partial charge < -0.3 is 24.2 Å². The molecule has 0 saturated carbocycles. The lowest BCUT2D eigenvalue weighted by Crippen LogP contribution is -2.30. The molecule has 0 aliphatic carbocycles. The summed E-state index contributed by atoms with van der Waals surface area (Å²) in [5.74, 6) is -1.50. The molecule has 0 fully saturated rings. The van der Waals surface area contributed by atoms with Gasteiger partial charge in [0, 0.05) is 19.3 Å². The van der Waals surface area contributed by atoms with E-state index in [-0.39, 0.29) is 25.9 Å². The number of unbranched alkanes of at least 4 members (excludes halogenated alkanes) is 27. The average Bonchev–Trinajstić information content (AvgIpc) is 3.43. The molecule has 450 valence electrons. The van der Waals surface area contributed by atoms with Crippen LogP contribution in [0.2, 0.25) is 0 Å². The summed E-state index contributed by atoms with van der Waals surface area (Å²) in [4.78, 5) is 48.7. The van der Waals surface area contributed by atoms with E-state index < -0.39 is 57.8 Å². The Morgan fingerprint density at radius 3 is 1.06 bits per heavy atom. The van der Waals surface area contributed by atoms with Crippen LogP contribution in [0.25, 0.3) is 0 Å². The Kier molecular flexibility index (Phi) is 57.2. The Bertz CT molecular complexity index is 1630. The van der Waals surface area contributed by atoms with Crippen molar-refractivity contribution in [3.8, 4) is 0 Å². The largest absolute Gasteiger partial charge is 0.472 e. The van der Waals surface area contributed by atoms with Gasteiger partial charge >= 0.3 is 25.7 Å². The van der Waals surface area contributed by atoms with Gasteiger partial charge in [-0.25, -0.2) is 4.57 Å². The predicted molar refractivity (Wildman–Crippen MR) is 325 cm³/mol. The van der Waals surface area contributed by atoms with Gasteiger partial charge in [-0.15, -0.1) is 0 Å². The molecule has 0 radical (unpaired) electrons. The molecule has 0 saturated heterocycles. The van der Waals surface area contributed by atoms with Gasteiger partial charge in [-0.05, 0) is 116 Å². The molecule has 0 aliphatic heterocycles. The van der Waals surface area contributed by atoms with Crippen LogP contribution in [-0.2, 0) is 42.2 Å². The molecular weight excluding hydrogens is 1000 g/mol. The van der Waals surface area contributed by atoms with Gasteiger partial charge in [-0.2, -0.15) is 0 Å². The van der Waals surface area contributed by atoms with Crippen LogP contribution in [0.1, 0.15) is 278 Å². The summed E-state index contributed by atoms with van der Waals surface area (Å²) in [6.45, 7) is 4.49. The zero-order chi connectivity index (χ0) is 56.9. The molecule has 12 heteroatoms. The summed E-state index contributed by atoms with van der Waals surface area (Å²) in [7, 11) is -4.77. The van der Waals surface area contributed by atoms with Crippen molar-refractivity contribution in [1.82, 2.24) is 0 Å². The Labute approximate surface area is 477 Å². The molecule has 0 rings (SSSR count). The minimum atomic E-state index is -4.77. The second-order valence-electron chi connectivity index (χ2n) is 20.8. The molecule has 0 heterocycles. The number of phosphoric acid groups is 1. The Morgan fingerprint density at radius 1 is 0.372 bits per heavy atom. The zero-order valence-corrected chi connectivity index (χ0v) is 50.8. The van der Waals surface area contributed by atoms with E-state index in [4.69, 9.17) is 23.3 Å². The topological polar surface area (TPSA) is 155 Å². The van der Waals surface area contributed by atoms with Gasteiger partial charge in [-0.3, -0.25) is 23.4 Å². The maximum absolute atomic E-state index is 12.9. The molecular formula is C66H115O11P. The number of ether oxygens (including phenoxy) is 3. The highest BCUT2D eigenvalue weighted by atomic mass is 31.2. The van der Waals surface area contributed by atoms with Gasteiger partial charge in [0.1, 0.15) is 12.7 Å². The first kappa shape index (κ1) is 74.7. The van der Waals surface area contributed by atoms with Gasteiger partial charge in [0.15, 0.2) is 6.10 Å². The van der Waals surface area contributed by atoms with Crippen molar-refractivity contribution in [3.63, 3.8) is 0 Å². The predicted octanol–water partition coefficient (Wildman–Crippen LogP) is 19.0. The van der Waals surface area contributed by atoms with Gasteiger partial charge in [0.25, 0.3) is 0 Å². The van der Waals surface area contributed by atoms with E-state index >= 15 is 0 Å². The summed E-state index contributed by atoms with van der Waals surface area (Å²) in [5.41, 5.74) is 0. The average molecular weight is 1120 g/mol. The number of carbonyl (C=O) groups is 3. The SMILES string of the molecule is CC/C=C\C/C=C\C/C=C\C/C=C\CCCCCCC(=O)OC(COC(=O)CCCCCCCCC/C=C\CCCCCCCC)COP(=O)(O)OCC(CO)OC(=O)CCCCCCCCC/C=C\C/C=C\CCCCC. The summed E-state index contributed by atoms with van der Waals surface area (Å²) in [5, 5.41) is 9.85. The summed E-state index contributed by atoms with van der Waals surface area (Å²) >= 11 is 0. The van der Waals surface area contributed by atoms with Gasteiger partial charge in [0.2, 0.25) is 0 Å². The van der Waals surface area contributed by atoms with Crippen LogP contribution in [0.4, 0.5) is 0 Å². The van der Waals surface area contributed by atoms with Crippen LogP contribution in [0.15, 0.2) is 85.1 Å². The molecule has 0 amide bonds. The summed E-state index contributed by atoms with van der Waals surface area (Å²) in [6.07, 6.45) is 69.6. The number of phosphoric ester groups is 1. The minimum absolute atomic E-state index is 0.136. The monoisotopic (exact) mass is 1110 g/mol. The number of hydrogen-bond donors (Lipinski definition) is 2. The minimum Gasteiger partial charge on any atom is -0.462 e. The molecule has 0 spiro atoms. The maximum Gasteiger partial charge on any atom is 0.472 e. The van der Waals surface area contributed by atoms with Crippen molar-refractivity contribution in [2.75, 3.05) is 26.4 Å². The number of hydrogen-bond acceptors (Lipinski definition) is 10. The molecule has 3 atom stereocenters. The smallest absolute Gasteiger partial charge is 0.462 e. The molecule has 0 aromatic heterocycles. The Balaban J connectivity index is 4.74. The number of carbonyl (C=O) groups excluding carboxylic acids is 3. The van der Waals surface area contributed by atoms with Crippen molar-refractivity contribution < 1.29 is 52.2 Å². The van der Waals surface area contributed by atoms with E-state index in [0.717, 1.165) is 116 Å². The van der Waals surface area contributed by atoms with Crippen LogP contribution in [0.5, 0.6) is 0 Å². The first-order valence-electron chi connectivity index (χ1n) is 31.5. The molecule has 2 N–H and O–H groups in total. The lowest BCUT2D eigenvalue weighted by Gasteiger charge is -2.21. The highest BCUT2D eigenvalue weighted by Crippen LogP contribution is 2.43. The van der Waals surface area contributed by atoms with Crippen LogP contribution in [0.3, 0.4) is 0 Å². The van der Waals surface area contributed by atoms with Gasteiger partial charge in [0.05, 0.1) is 19.8 Å². The first-order chi connectivity index (χ1) is 38.2. The second-order valence-corrected chi connectivity index (χ2v) is 22.3. The van der Waals surface area contributed by atoms with Crippen LogP contribution in [-0.4, -0.2) is 66.5 Å². The van der Waals surface area contributed by atoms with Crippen LogP contribution in [0, 0.1) is 0 Å². The maximum atomic E-state index is 12.9. The normalized spacial score (nSPS) is 13.9. The van der Waals surface area contributed by atoms with Crippen LogP contribution >= 0.6 is 7.82 Å². The van der Waals surface area contributed by atoms with E-state index in [0.29, 0.717) is 19.3 Å². The standard InChI is InChI=1S/C66H115O11P/c1-4-7-10-13-16-19-22-25-28-31-34-37-40-43-46-49-52-55-64(68)73-59-63(77-66(70)57-54-51-48-45-42-39-36-33-30-27-24-21-18-15-12-9-6-3)61-75-78(71,72)74-60-62(58-67)76-65(69)56-53-50-47-44-41-38-35-32-29-26-23-20-17-14-11-8-5-2/h9,12,17-18,20-21,25-30,36,39,62-63,67H,4-8,10-11,13-16,19,22-24,31-35,37-38,40-61H2,1-3H3,(H,71,72)/b12-9-,20-17-,21-18-,28-25-,29-26-,30-27-,39-36-. The molecule has 11 nitrogen and oxygen atoms in total. The molecule has 0 bridgehead atoms. The summed E-state index contributed by atoms with van der Waals surface area (Å²) in [6, 6.07) is 0. The number of aliphatic hydroxyl groups excluding tert-OH is 1. The van der Waals surface area contributed by atoms with Crippen molar-refractivity contribution in [2.24, 2.45) is 0 Å². The lowest BCUT2D eigenvalue weighted by atomic mass is 10.1. The fourth-order valence-corrected chi connectivity index (χ4v) is 9.27. The van der Waals surface area contributed by atoms with Crippen molar-refractivity contribution in [1.29, 1.82) is 0 Å². The number of aliphatic hydroxyl groups is 1. The van der Waals surface area contributed by atoms with Gasteiger partial charge in [-0.1, -0.05) is 228 Å². The Hall–Kier alpha value is -3.34. The summed E-state index contributed by atoms with van der Waals surface area (Å²) < 4.78 is 39.6. The first-order valence-corrected chi connectivity index (χ1v) is 33.0. The molecule has 0 aromatic rings. The molecule has 78 heavy (non-hydrogen) atoms. The molecule has 3 unspecified atom stereocenters. The quantitative estimate of drug-likeness (QED) is 0.0197. The van der Waals surface area contributed by atoms with E-state index in [1.807, 2.05) is 0 Å². The lowest BCUT2D eigenvalue weighted by molar-refractivity contribution is -0.161.